The zero-order valence-electron chi connectivity index (χ0n) is 33.4. The number of rotatable bonds is 15. The van der Waals surface area contributed by atoms with Crippen molar-refractivity contribution in [2.75, 3.05) is 39.4 Å². The number of aromatic nitrogens is 2. The van der Waals surface area contributed by atoms with Crippen molar-refractivity contribution in [3.8, 4) is 17.6 Å². The molecule has 5 aromatic rings. The van der Waals surface area contributed by atoms with Gasteiger partial charge in [0.15, 0.2) is 11.4 Å². The first-order valence-corrected chi connectivity index (χ1v) is 19.5. The number of aromatic amines is 1. The van der Waals surface area contributed by atoms with Gasteiger partial charge in [-0.2, -0.15) is 23.5 Å². The molecule has 4 aromatic carbocycles. The van der Waals surface area contributed by atoms with Crippen molar-refractivity contribution in [1.82, 2.24) is 20.0 Å². The molecular weight excluding hydrogens is 813 g/mol. The van der Waals surface area contributed by atoms with Gasteiger partial charge in [-0.15, -0.1) is 0 Å². The molecule has 13 nitrogen and oxygen atoms in total. The lowest BCUT2D eigenvalue weighted by atomic mass is 9.94. The fourth-order valence-corrected chi connectivity index (χ4v) is 6.91. The molecule has 17 heteroatoms. The number of carbonyl (C=O) groups is 3. The second kappa shape index (κ2) is 19.1. The van der Waals surface area contributed by atoms with E-state index in [2.05, 4.69) is 15.0 Å². The zero-order valence-corrected chi connectivity index (χ0v) is 33.4. The Bertz CT molecular complexity index is 2630. The molecule has 0 aliphatic carbocycles. The molecule has 1 fully saturated rings. The van der Waals surface area contributed by atoms with E-state index in [-0.39, 0.29) is 86.8 Å². The fraction of sp³-hybridized carbons (Fsp3) is 0.311. The fourth-order valence-electron chi connectivity index (χ4n) is 6.91. The minimum atomic E-state index is -4.96. The second-order valence-corrected chi connectivity index (χ2v) is 14.9. The average molecular weight is 853 g/mol. The Morgan fingerprint density at radius 1 is 0.935 bits per heavy atom. The molecule has 0 saturated carbocycles. The van der Waals surface area contributed by atoms with E-state index in [4.69, 9.17) is 21.3 Å². The number of unbranched alkanes of at least 4 members (excludes halogenated alkanes) is 1. The topological polar surface area (TPSA) is 170 Å². The number of ether oxygens (including phenoxy) is 2. The number of piperazine rings is 1. The molecule has 1 aliphatic rings. The van der Waals surface area contributed by atoms with Crippen LogP contribution in [-0.2, 0) is 28.6 Å². The quantitative estimate of drug-likeness (QED) is 0.0672. The van der Waals surface area contributed by atoms with Crippen LogP contribution in [0.25, 0.3) is 15.6 Å². The molecule has 1 aromatic heterocycles. The predicted molar refractivity (Wildman–Crippen MR) is 217 cm³/mol. The van der Waals surface area contributed by atoms with Gasteiger partial charge in [-0.25, -0.2) is 14.3 Å². The molecule has 1 saturated heterocycles. The van der Waals surface area contributed by atoms with Gasteiger partial charge in [0.05, 0.1) is 47.0 Å². The Labute approximate surface area is 352 Å². The maximum Gasteiger partial charge on any atom is 0.407 e. The summed E-state index contributed by atoms with van der Waals surface area (Å²) in [4.78, 5) is 57.9. The Balaban J connectivity index is 0.997. The molecule has 62 heavy (non-hydrogen) atoms. The number of ketones is 1. The van der Waals surface area contributed by atoms with Gasteiger partial charge in [0, 0.05) is 50.8 Å². The molecule has 0 spiro atoms. The van der Waals surface area contributed by atoms with Crippen LogP contribution in [0, 0.1) is 23.7 Å². The predicted octanol–water partition coefficient (Wildman–Crippen LogP) is 6.57. The Morgan fingerprint density at radius 3 is 2.31 bits per heavy atom. The third-order valence-corrected chi connectivity index (χ3v) is 10.4. The number of nitrogens with one attached hydrogen (secondary N) is 1. The first-order valence-electron chi connectivity index (χ1n) is 19.5. The van der Waals surface area contributed by atoms with Crippen LogP contribution in [0.5, 0.6) is 11.5 Å². The Morgan fingerprint density at radius 2 is 1.63 bits per heavy atom. The van der Waals surface area contributed by atoms with Crippen LogP contribution in [0.3, 0.4) is 0 Å². The van der Waals surface area contributed by atoms with Crippen molar-refractivity contribution in [2.24, 2.45) is 0 Å². The number of Topliss-reactive ketones (excluding diaryl/α,β-unsaturated/α-hetero) is 1. The number of amides is 2. The molecule has 1 atom stereocenters. The zero-order chi connectivity index (χ0) is 44.6. The smallest absolute Gasteiger partial charge is 0.407 e. The third-order valence-electron chi connectivity index (χ3n) is 10.4. The van der Waals surface area contributed by atoms with Gasteiger partial charge in [0.2, 0.25) is 11.6 Å². The first kappa shape index (κ1) is 44.4. The van der Waals surface area contributed by atoms with Crippen molar-refractivity contribution in [3.63, 3.8) is 0 Å². The van der Waals surface area contributed by atoms with Crippen molar-refractivity contribution in [2.45, 2.75) is 50.8 Å². The van der Waals surface area contributed by atoms with E-state index in [0.717, 1.165) is 13.0 Å². The van der Waals surface area contributed by atoms with Gasteiger partial charge < -0.3 is 24.4 Å². The number of hydrogen-bond acceptors (Lipinski definition) is 9. The minimum absolute atomic E-state index is 0.0685. The van der Waals surface area contributed by atoms with Gasteiger partial charge in [0.25, 0.3) is 11.5 Å². The molecule has 1 aliphatic heterocycles. The van der Waals surface area contributed by atoms with E-state index < -0.39 is 59.3 Å². The lowest BCUT2D eigenvalue weighted by Gasteiger charge is -2.35. The molecular formula is C45H40F4N6O7. The molecule has 6 rings (SSSR count). The number of nitriles is 1. The molecule has 2 N–H and O–H groups in total. The van der Waals surface area contributed by atoms with E-state index in [1.807, 2.05) is 6.07 Å². The van der Waals surface area contributed by atoms with Gasteiger partial charge in [-0.3, -0.25) is 19.2 Å². The van der Waals surface area contributed by atoms with Gasteiger partial charge >= 0.3 is 6.18 Å². The number of halogens is 4. The summed E-state index contributed by atoms with van der Waals surface area (Å²) in [5.74, 6) is -2.45. The van der Waals surface area contributed by atoms with Crippen molar-refractivity contribution in [3.05, 3.63) is 140 Å². The maximum atomic E-state index is 15.0. The van der Waals surface area contributed by atoms with Crippen LogP contribution in [0.1, 0.15) is 64.5 Å². The Hall–Kier alpha value is -7.11. The summed E-state index contributed by atoms with van der Waals surface area (Å²) in [6.07, 6.45) is -4.78. The number of hydrogen-bond donors (Lipinski definition) is 2. The van der Waals surface area contributed by atoms with Crippen LogP contribution in [0.4, 0.5) is 23.2 Å². The molecule has 2 heterocycles. The van der Waals surface area contributed by atoms with Crippen LogP contribution in [0.15, 0.2) is 83.7 Å². The van der Waals surface area contributed by atoms with Crippen LogP contribution < -0.4 is 15.0 Å². The highest BCUT2D eigenvalue weighted by Crippen LogP contribution is 2.43. The lowest BCUT2D eigenvalue weighted by molar-refractivity contribution is -0.138. The van der Waals surface area contributed by atoms with Crippen LogP contribution >= 0.6 is 0 Å². The summed E-state index contributed by atoms with van der Waals surface area (Å²) in [5.41, 5.74) is -3.28. The number of nitrogens with zero attached hydrogens (tertiary/aromatic N) is 5. The first-order chi connectivity index (χ1) is 29.6. The average Bonchev–Trinajstić information content (AvgIpc) is 3.26. The van der Waals surface area contributed by atoms with Gasteiger partial charge in [-0.1, -0.05) is 30.3 Å². The van der Waals surface area contributed by atoms with E-state index in [1.54, 1.807) is 35.2 Å². The van der Waals surface area contributed by atoms with E-state index in [9.17, 15) is 41.8 Å². The molecule has 320 valence electrons. The number of fused-ring (bicyclic) bond motifs is 1. The van der Waals surface area contributed by atoms with E-state index >= 15 is 0 Å². The minimum Gasteiger partial charge on any atom is -0.505 e. The molecule has 2 amide bonds. The summed E-state index contributed by atoms with van der Waals surface area (Å²) in [7, 11) is 0. The van der Waals surface area contributed by atoms with Crippen molar-refractivity contribution >= 4 is 34.1 Å². The van der Waals surface area contributed by atoms with Gasteiger partial charge in [0.1, 0.15) is 23.9 Å². The molecule has 0 bridgehead atoms. The summed E-state index contributed by atoms with van der Waals surface area (Å²) in [5, 5.41) is 27.5. The second-order valence-electron chi connectivity index (χ2n) is 14.9. The third kappa shape index (κ3) is 10.6. The van der Waals surface area contributed by atoms with Crippen LogP contribution in [-0.4, -0.2) is 87.7 Å². The molecule has 0 unspecified atom stereocenters. The highest BCUT2D eigenvalue weighted by molar-refractivity contribution is 5.95. The summed E-state index contributed by atoms with van der Waals surface area (Å²) >= 11 is 0. The highest BCUT2D eigenvalue weighted by Gasteiger charge is 2.37. The van der Waals surface area contributed by atoms with Crippen LogP contribution in [0.2, 0.25) is 0 Å². The van der Waals surface area contributed by atoms with Crippen molar-refractivity contribution < 1.29 is 46.5 Å². The number of aliphatic hydroxyl groups is 1. The number of H-pyrrole nitrogens is 1. The summed E-state index contributed by atoms with van der Waals surface area (Å²) in [6, 6.07) is 20.8. The van der Waals surface area contributed by atoms with E-state index in [1.165, 1.54) is 41.3 Å². The SMILES string of the molecule is [C-]#[N+]c1c(OCCCCC(=O)N2CCN(C(=O)c3cc(Cc4n[nH]c(=O)c5ccccc45)ccc3F)CC2)cc(CC(=O)[C@](C)(O)COc2ccc(C#N)cc2)cc1C(F)(F)F. The van der Waals surface area contributed by atoms with E-state index in [0.29, 0.717) is 33.7 Å². The Kier molecular flexibility index (Phi) is 13.7. The monoisotopic (exact) mass is 852 g/mol. The maximum absolute atomic E-state index is 15.0. The number of benzene rings is 4. The van der Waals surface area contributed by atoms with Gasteiger partial charge in [-0.05, 0) is 79.4 Å². The number of carbonyl (C=O) groups excluding carboxylic acids is 3. The highest BCUT2D eigenvalue weighted by atomic mass is 19.4. The summed E-state index contributed by atoms with van der Waals surface area (Å²) in [6.45, 7) is 8.64. The number of alkyl halides is 3. The summed E-state index contributed by atoms with van der Waals surface area (Å²) < 4.78 is 68.3. The van der Waals surface area contributed by atoms with Crippen molar-refractivity contribution in [1.29, 1.82) is 5.26 Å². The largest absolute Gasteiger partial charge is 0.505 e. The standard InChI is InChI=1S/C45H40F4N6O7/c1-44(60,27-62-31-13-10-28(26-50)11-14-31)39(56)25-30-22-35(45(47,48)49)41(51-2)38(24-30)61-20-6-5-9-40(57)54-16-18-55(19-17-54)43(59)34-21-29(12-15-36(34)46)23-37-32-7-3-4-8-33(32)42(58)53-52-37/h3-4,7-8,10-15,21-22,24,60H,5-6,9,16-20,23,25,27H2,1H3,(H,53,58)/t44-/m1/s1. The lowest BCUT2D eigenvalue weighted by Crippen LogP contribution is -2.50. The molecule has 0 radical (unpaired) electrons. The normalized spacial score (nSPS) is 13.8.